The number of hydrogen-bond acceptors (Lipinski definition) is 4. The molecule has 0 bridgehead atoms. The van der Waals surface area contributed by atoms with Crippen LogP contribution in [0.25, 0.3) is 0 Å². The first kappa shape index (κ1) is 15.3. The third-order valence-electron chi connectivity index (χ3n) is 4.24. The van der Waals surface area contributed by atoms with Crippen LogP contribution in [0.2, 0.25) is 0 Å². The topological polar surface area (TPSA) is 66.4 Å². The standard InChI is InChI=1S/C15H23NO3S/c1-4-9-20(18,19)12-8-6-5-7-11(12)16-13-10-14(17)15(13,2)3/h5-8,13-14,16-17H,4,9-10H2,1-3H3. The van der Waals surface area contributed by atoms with E-state index in [0.717, 1.165) is 0 Å². The SMILES string of the molecule is CCCS(=O)(=O)c1ccccc1NC1CC(O)C1(C)C. The van der Waals surface area contributed by atoms with Gasteiger partial charge in [0.1, 0.15) is 0 Å². The lowest BCUT2D eigenvalue weighted by atomic mass is 9.64. The van der Waals surface area contributed by atoms with E-state index in [1.165, 1.54) is 0 Å². The second-order valence-corrected chi connectivity index (χ2v) is 8.16. The van der Waals surface area contributed by atoms with Crippen molar-refractivity contribution in [1.29, 1.82) is 0 Å². The fourth-order valence-electron chi connectivity index (χ4n) is 2.57. The molecule has 2 atom stereocenters. The summed E-state index contributed by atoms with van der Waals surface area (Å²) in [5, 5.41) is 13.1. The summed E-state index contributed by atoms with van der Waals surface area (Å²) in [5.74, 6) is 0.155. The van der Waals surface area contributed by atoms with Gasteiger partial charge in [-0.1, -0.05) is 32.9 Å². The normalized spacial score (nSPS) is 25.0. The van der Waals surface area contributed by atoms with Crippen molar-refractivity contribution >= 4 is 15.5 Å². The zero-order chi connectivity index (χ0) is 15.0. The van der Waals surface area contributed by atoms with Crippen LogP contribution in [0.5, 0.6) is 0 Å². The van der Waals surface area contributed by atoms with E-state index >= 15 is 0 Å². The zero-order valence-corrected chi connectivity index (χ0v) is 13.1. The molecular formula is C15H23NO3S. The first-order valence-electron chi connectivity index (χ1n) is 7.05. The highest BCUT2D eigenvalue weighted by Crippen LogP contribution is 2.42. The van der Waals surface area contributed by atoms with Gasteiger partial charge >= 0.3 is 0 Å². The molecule has 1 saturated carbocycles. The van der Waals surface area contributed by atoms with Crippen LogP contribution in [0.15, 0.2) is 29.2 Å². The summed E-state index contributed by atoms with van der Waals surface area (Å²) >= 11 is 0. The van der Waals surface area contributed by atoms with E-state index in [4.69, 9.17) is 0 Å². The van der Waals surface area contributed by atoms with Crippen molar-refractivity contribution in [2.45, 2.75) is 50.7 Å². The maximum absolute atomic E-state index is 12.3. The molecule has 2 unspecified atom stereocenters. The summed E-state index contributed by atoms with van der Waals surface area (Å²) in [6.07, 6.45) is 0.916. The molecule has 1 fully saturated rings. The molecule has 0 amide bonds. The van der Waals surface area contributed by atoms with Gasteiger partial charge in [0.05, 0.1) is 22.4 Å². The Morgan fingerprint density at radius 3 is 2.55 bits per heavy atom. The maximum Gasteiger partial charge on any atom is 0.180 e. The average molecular weight is 297 g/mol. The largest absolute Gasteiger partial charge is 0.392 e. The minimum absolute atomic E-state index is 0.0930. The van der Waals surface area contributed by atoms with E-state index in [9.17, 15) is 13.5 Å². The number of rotatable bonds is 5. The fraction of sp³-hybridized carbons (Fsp3) is 0.600. The molecule has 1 aromatic rings. The van der Waals surface area contributed by atoms with Gasteiger partial charge in [-0.15, -0.1) is 0 Å². The number of aliphatic hydroxyl groups is 1. The lowest BCUT2D eigenvalue weighted by molar-refractivity contribution is -0.0511. The molecule has 112 valence electrons. The quantitative estimate of drug-likeness (QED) is 0.876. The van der Waals surface area contributed by atoms with Crippen molar-refractivity contribution in [2.24, 2.45) is 5.41 Å². The molecule has 1 aliphatic rings. The number of aliphatic hydroxyl groups excluding tert-OH is 1. The minimum Gasteiger partial charge on any atom is -0.392 e. The number of sulfone groups is 1. The first-order valence-corrected chi connectivity index (χ1v) is 8.70. The van der Waals surface area contributed by atoms with Gasteiger partial charge in [-0.05, 0) is 25.0 Å². The van der Waals surface area contributed by atoms with Crippen molar-refractivity contribution in [3.8, 4) is 0 Å². The third-order valence-corrected chi connectivity index (χ3v) is 6.21. The van der Waals surface area contributed by atoms with Crippen molar-refractivity contribution in [3.05, 3.63) is 24.3 Å². The van der Waals surface area contributed by atoms with E-state index in [1.54, 1.807) is 18.2 Å². The van der Waals surface area contributed by atoms with Crippen LogP contribution >= 0.6 is 0 Å². The fourth-order valence-corrected chi connectivity index (χ4v) is 4.08. The Hall–Kier alpha value is -1.07. The molecular weight excluding hydrogens is 274 g/mol. The summed E-state index contributed by atoms with van der Waals surface area (Å²) < 4.78 is 24.6. The third kappa shape index (κ3) is 2.69. The Balaban J connectivity index is 2.26. The Kier molecular flexibility index (Phi) is 4.12. The molecule has 0 aromatic heterocycles. The molecule has 0 saturated heterocycles. The molecule has 2 rings (SSSR count). The molecule has 20 heavy (non-hydrogen) atoms. The summed E-state index contributed by atoms with van der Waals surface area (Å²) in [6, 6.07) is 7.11. The van der Waals surface area contributed by atoms with Crippen LogP contribution in [-0.2, 0) is 9.84 Å². The zero-order valence-electron chi connectivity index (χ0n) is 12.3. The lowest BCUT2D eigenvalue weighted by Crippen LogP contribution is -2.57. The van der Waals surface area contributed by atoms with Crippen LogP contribution in [0.1, 0.15) is 33.6 Å². The van der Waals surface area contributed by atoms with Crippen molar-refractivity contribution in [2.75, 3.05) is 11.1 Å². The number of nitrogens with one attached hydrogen (secondary N) is 1. The average Bonchev–Trinajstić information content (AvgIpc) is 2.39. The Morgan fingerprint density at radius 2 is 2.00 bits per heavy atom. The van der Waals surface area contributed by atoms with Crippen molar-refractivity contribution < 1.29 is 13.5 Å². The van der Waals surface area contributed by atoms with E-state index < -0.39 is 9.84 Å². The van der Waals surface area contributed by atoms with Gasteiger partial charge in [-0.3, -0.25) is 0 Å². The number of benzene rings is 1. The summed E-state index contributed by atoms with van der Waals surface area (Å²) in [5.41, 5.74) is 0.410. The predicted octanol–water partition coefficient (Wildman–Crippen LogP) is 2.44. The maximum atomic E-state index is 12.3. The molecule has 0 spiro atoms. The first-order chi connectivity index (χ1) is 9.29. The molecule has 5 heteroatoms. The lowest BCUT2D eigenvalue weighted by Gasteiger charge is -2.50. The second kappa shape index (κ2) is 5.37. The highest BCUT2D eigenvalue weighted by Gasteiger charge is 2.47. The summed E-state index contributed by atoms with van der Waals surface area (Å²) in [4.78, 5) is 0.360. The summed E-state index contributed by atoms with van der Waals surface area (Å²) in [6.45, 7) is 5.84. The second-order valence-electron chi connectivity index (χ2n) is 6.08. The summed E-state index contributed by atoms with van der Waals surface area (Å²) in [7, 11) is -3.25. The number of hydrogen-bond donors (Lipinski definition) is 2. The van der Waals surface area contributed by atoms with Gasteiger partial charge < -0.3 is 10.4 Å². The van der Waals surface area contributed by atoms with E-state index in [0.29, 0.717) is 23.4 Å². The van der Waals surface area contributed by atoms with Crippen LogP contribution in [0, 0.1) is 5.41 Å². The smallest absolute Gasteiger partial charge is 0.180 e. The molecule has 4 nitrogen and oxygen atoms in total. The van der Waals surface area contributed by atoms with Crippen LogP contribution in [0.4, 0.5) is 5.69 Å². The predicted molar refractivity (Wildman–Crippen MR) is 80.6 cm³/mol. The van der Waals surface area contributed by atoms with Gasteiger partial charge in [0.15, 0.2) is 9.84 Å². The Bertz CT molecular complexity index is 581. The van der Waals surface area contributed by atoms with Crippen molar-refractivity contribution in [3.63, 3.8) is 0 Å². The monoisotopic (exact) mass is 297 g/mol. The number of anilines is 1. The van der Waals surface area contributed by atoms with E-state index in [-0.39, 0.29) is 23.3 Å². The van der Waals surface area contributed by atoms with Crippen LogP contribution in [-0.4, -0.2) is 31.4 Å². The Morgan fingerprint density at radius 1 is 1.35 bits per heavy atom. The molecule has 1 aliphatic carbocycles. The van der Waals surface area contributed by atoms with Gasteiger partial charge in [0, 0.05) is 11.5 Å². The molecule has 0 aliphatic heterocycles. The highest BCUT2D eigenvalue weighted by molar-refractivity contribution is 7.91. The van der Waals surface area contributed by atoms with E-state index in [1.807, 2.05) is 26.8 Å². The number of para-hydroxylation sites is 1. The molecule has 0 radical (unpaired) electrons. The molecule has 0 heterocycles. The Labute approximate surface area is 121 Å². The van der Waals surface area contributed by atoms with Gasteiger partial charge in [0.2, 0.25) is 0 Å². The van der Waals surface area contributed by atoms with Gasteiger partial charge in [0.25, 0.3) is 0 Å². The van der Waals surface area contributed by atoms with Crippen molar-refractivity contribution in [1.82, 2.24) is 0 Å². The van der Waals surface area contributed by atoms with Gasteiger partial charge in [-0.2, -0.15) is 0 Å². The van der Waals surface area contributed by atoms with Gasteiger partial charge in [-0.25, -0.2) is 8.42 Å². The molecule has 1 aromatic carbocycles. The van der Waals surface area contributed by atoms with Crippen LogP contribution < -0.4 is 5.32 Å². The highest BCUT2D eigenvalue weighted by atomic mass is 32.2. The molecule has 2 N–H and O–H groups in total. The van der Waals surface area contributed by atoms with Crippen LogP contribution in [0.3, 0.4) is 0 Å². The van der Waals surface area contributed by atoms with E-state index in [2.05, 4.69) is 5.32 Å². The minimum atomic E-state index is -3.25.